The number of hydrogen-bond acceptors (Lipinski definition) is 4. The Balaban J connectivity index is 1.51. The van der Waals surface area contributed by atoms with Crippen molar-refractivity contribution in [3.63, 3.8) is 0 Å². The van der Waals surface area contributed by atoms with Crippen LogP contribution in [0.3, 0.4) is 0 Å². The molecule has 6 nitrogen and oxygen atoms in total. The molecule has 0 aliphatic heterocycles. The number of hydrogen-bond donors (Lipinski definition) is 1. The Morgan fingerprint density at radius 1 is 0.968 bits per heavy atom. The van der Waals surface area contributed by atoms with E-state index < -0.39 is 5.91 Å². The Kier molecular flexibility index (Phi) is 5.89. The molecule has 2 heterocycles. The molecule has 0 aliphatic carbocycles. The molecule has 1 N–H and O–H groups in total. The first-order valence-electron chi connectivity index (χ1n) is 9.83. The third kappa shape index (κ3) is 5.05. The minimum Gasteiger partial charge on any atom is -0.457 e. The fourth-order valence-corrected chi connectivity index (χ4v) is 3.22. The molecule has 2 aromatic heterocycles. The van der Waals surface area contributed by atoms with Gasteiger partial charge >= 0.3 is 0 Å². The smallest absolute Gasteiger partial charge is 0.263 e. The van der Waals surface area contributed by atoms with Gasteiger partial charge in [-0.3, -0.25) is 14.6 Å². The molecule has 0 saturated carbocycles. The number of carbonyl (C=O) groups excluding carboxylic acids is 1. The maximum Gasteiger partial charge on any atom is 0.263 e. The summed E-state index contributed by atoms with van der Waals surface area (Å²) in [7, 11) is 0. The summed E-state index contributed by atoms with van der Waals surface area (Å²) in [4.78, 5) is 29.6. The van der Waals surface area contributed by atoms with E-state index in [0.717, 1.165) is 11.1 Å². The molecule has 0 atom stereocenters. The Bertz CT molecular complexity index is 1270. The van der Waals surface area contributed by atoms with Gasteiger partial charge in [-0.2, -0.15) is 0 Å². The van der Waals surface area contributed by atoms with E-state index in [-0.39, 0.29) is 11.1 Å². The van der Waals surface area contributed by atoms with Crippen molar-refractivity contribution in [2.45, 2.75) is 13.5 Å². The van der Waals surface area contributed by atoms with Gasteiger partial charge in [-0.05, 0) is 48.9 Å². The molecule has 0 radical (unpaired) electrons. The molecule has 2 aromatic carbocycles. The monoisotopic (exact) mass is 411 g/mol. The molecule has 4 rings (SSSR count). The second-order valence-electron chi connectivity index (χ2n) is 7.11. The van der Waals surface area contributed by atoms with Crippen molar-refractivity contribution in [2.24, 2.45) is 0 Å². The van der Waals surface area contributed by atoms with E-state index in [2.05, 4.69) is 10.3 Å². The van der Waals surface area contributed by atoms with E-state index in [1.54, 1.807) is 61.1 Å². The zero-order valence-corrected chi connectivity index (χ0v) is 17.0. The van der Waals surface area contributed by atoms with Crippen LogP contribution in [0.4, 0.5) is 5.69 Å². The van der Waals surface area contributed by atoms with Crippen LogP contribution in [-0.4, -0.2) is 15.5 Å². The van der Waals surface area contributed by atoms with Gasteiger partial charge in [0.15, 0.2) is 0 Å². The Hall–Kier alpha value is -4.19. The van der Waals surface area contributed by atoms with Crippen LogP contribution in [0, 0.1) is 6.92 Å². The lowest BCUT2D eigenvalue weighted by atomic mass is 10.1. The quantitative estimate of drug-likeness (QED) is 0.501. The van der Waals surface area contributed by atoms with Gasteiger partial charge in [0.1, 0.15) is 17.1 Å². The standard InChI is InChI=1S/C25H21N3O3/c1-18-5-2-6-19(15-18)17-28-14-4-9-23(25(28)30)24(29)27-20-7-3-8-22(16-20)31-21-10-12-26-13-11-21/h2-16H,17H2,1H3,(H,27,29). The summed E-state index contributed by atoms with van der Waals surface area (Å²) in [5.74, 6) is 0.735. The zero-order chi connectivity index (χ0) is 21.6. The highest BCUT2D eigenvalue weighted by atomic mass is 16.5. The fourth-order valence-electron chi connectivity index (χ4n) is 3.22. The van der Waals surface area contributed by atoms with Gasteiger partial charge in [-0.1, -0.05) is 35.9 Å². The second-order valence-corrected chi connectivity index (χ2v) is 7.11. The first-order chi connectivity index (χ1) is 15.1. The lowest BCUT2D eigenvalue weighted by Crippen LogP contribution is -2.29. The average Bonchev–Trinajstić information content (AvgIpc) is 2.76. The van der Waals surface area contributed by atoms with Crippen LogP contribution < -0.4 is 15.6 Å². The van der Waals surface area contributed by atoms with Gasteiger partial charge in [-0.15, -0.1) is 0 Å². The van der Waals surface area contributed by atoms with Gasteiger partial charge in [-0.25, -0.2) is 0 Å². The Labute approximate surface area is 179 Å². The number of ether oxygens (including phenoxy) is 1. The highest BCUT2D eigenvalue weighted by Crippen LogP contribution is 2.23. The van der Waals surface area contributed by atoms with Gasteiger partial charge in [0.25, 0.3) is 11.5 Å². The predicted molar refractivity (Wildman–Crippen MR) is 120 cm³/mol. The molecule has 4 aromatic rings. The van der Waals surface area contributed by atoms with E-state index in [0.29, 0.717) is 23.7 Å². The number of rotatable bonds is 6. The van der Waals surface area contributed by atoms with Gasteiger partial charge in [0.05, 0.1) is 6.54 Å². The van der Waals surface area contributed by atoms with Crippen molar-refractivity contribution in [1.82, 2.24) is 9.55 Å². The maximum absolute atomic E-state index is 12.9. The lowest BCUT2D eigenvalue weighted by molar-refractivity contribution is 0.102. The zero-order valence-electron chi connectivity index (χ0n) is 17.0. The summed E-state index contributed by atoms with van der Waals surface area (Å²) in [5, 5.41) is 2.78. The van der Waals surface area contributed by atoms with Crippen LogP contribution in [-0.2, 0) is 6.54 Å². The van der Waals surface area contributed by atoms with Crippen LogP contribution in [0.25, 0.3) is 0 Å². The number of carbonyl (C=O) groups is 1. The summed E-state index contributed by atoms with van der Waals surface area (Å²) in [6.07, 6.45) is 4.96. The molecule has 0 saturated heterocycles. The number of benzene rings is 2. The first kappa shape index (κ1) is 20.1. The van der Waals surface area contributed by atoms with Crippen molar-refractivity contribution >= 4 is 11.6 Å². The Morgan fingerprint density at radius 3 is 2.58 bits per heavy atom. The summed E-state index contributed by atoms with van der Waals surface area (Å²) in [6.45, 7) is 2.40. The van der Waals surface area contributed by atoms with Crippen LogP contribution in [0.2, 0.25) is 0 Å². The molecule has 0 fully saturated rings. The van der Waals surface area contributed by atoms with Crippen LogP contribution in [0.5, 0.6) is 11.5 Å². The normalized spacial score (nSPS) is 10.5. The summed E-state index contributed by atoms with van der Waals surface area (Å²) in [5.41, 5.74) is 2.39. The van der Waals surface area contributed by atoms with Crippen molar-refractivity contribution in [2.75, 3.05) is 5.32 Å². The Morgan fingerprint density at radius 2 is 1.77 bits per heavy atom. The largest absolute Gasteiger partial charge is 0.457 e. The van der Waals surface area contributed by atoms with E-state index in [9.17, 15) is 9.59 Å². The first-order valence-corrected chi connectivity index (χ1v) is 9.83. The number of nitrogens with zero attached hydrogens (tertiary/aromatic N) is 2. The highest BCUT2D eigenvalue weighted by molar-refractivity contribution is 6.04. The molecule has 6 heteroatoms. The van der Waals surface area contributed by atoms with E-state index in [1.807, 2.05) is 31.2 Å². The number of pyridine rings is 2. The number of anilines is 1. The number of aromatic nitrogens is 2. The molecule has 31 heavy (non-hydrogen) atoms. The van der Waals surface area contributed by atoms with E-state index in [1.165, 1.54) is 10.6 Å². The van der Waals surface area contributed by atoms with Crippen LogP contribution in [0.15, 0.2) is 96.2 Å². The lowest BCUT2D eigenvalue weighted by Gasteiger charge is -2.11. The number of aryl methyl sites for hydroxylation is 1. The number of amides is 1. The molecule has 0 bridgehead atoms. The minimum atomic E-state index is -0.468. The summed E-state index contributed by atoms with van der Waals surface area (Å²) >= 11 is 0. The van der Waals surface area contributed by atoms with Gasteiger partial charge in [0, 0.05) is 30.3 Å². The van der Waals surface area contributed by atoms with E-state index >= 15 is 0 Å². The molecule has 0 spiro atoms. The third-order valence-electron chi connectivity index (χ3n) is 4.68. The fraction of sp³-hybridized carbons (Fsp3) is 0.0800. The van der Waals surface area contributed by atoms with Crippen LogP contribution in [0.1, 0.15) is 21.5 Å². The van der Waals surface area contributed by atoms with Crippen LogP contribution >= 0.6 is 0 Å². The molecular formula is C25H21N3O3. The SMILES string of the molecule is Cc1cccc(Cn2cccc(C(=O)Nc3cccc(Oc4ccncc4)c3)c2=O)c1. The molecular weight excluding hydrogens is 390 g/mol. The molecule has 0 unspecified atom stereocenters. The van der Waals surface area contributed by atoms with Gasteiger partial charge in [0.2, 0.25) is 0 Å². The van der Waals surface area contributed by atoms with Gasteiger partial charge < -0.3 is 14.6 Å². The molecule has 1 amide bonds. The average molecular weight is 411 g/mol. The van der Waals surface area contributed by atoms with Crippen molar-refractivity contribution in [3.8, 4) is 11.5 Å². The highest BCUT2D eigenvalue weighted by Gasteiger charge is 2.13. The maximum atomic E-state index is 12.9. The molecule has 154 valence electrons. The van der Waals surface area contributed by atoms with Crippen molar-refractivity contribution in [3.05, 3.63) is 118 Å². The predicted octanol–water partition coefficient (Wildman–Crippen LogP) is 4.64. The summed E-state index contributed by atoms with van der Waals surface area (Å²) in [6, 6.07) is 21.6. The third-order valence-corrected chi connectivity index (χ3v) is 4.68. The topological polar surface area (TPSA) is 73.2 Å². The number of nitrogens with one attached hydrogen (secondary N) is 1. The van der Waals surface area contributed by atoms with Crippen molar-refractivity contribution < 1.29 is 9.53 Å². The van der Waals surface area contributed by atoms with Crippen molar-refractivity contribution in [1.29, 1.82) is 0 Å². The minimum absolute atomic E-state index is 0.0793. The van der Waals surface area contributed by atoms with E-state index in [4.69, 9.17) is 4.74 Å². The second kappa shape index (κ2) is 9.09. The molecule has 0 aliphatic rings. The summed E-state index contributed by atoms with van der Waals surface area (Å²) < 4.78 is 7.30.